The summed E-state index contributed by atoms with van der Waals surface area (Å²) >= 11 is 0. The van der Waals surface area contributed by atoms with Crippen LogP contribution >= 0.6 is 0 Å². The maximum absolute atomic E-state index is 12.1. The Morgan fingerprint density at radius 2 is 1.55 bits per heavy atom. The van der Waals surface area contributed by atoms with E-state index in [9.17, 15) is 29.4 Å². The minimum Gasteiger partial charge on any atom is -0.492 e. The summed E-state index contributed by atoms with van der Waals surface area (Å²) in [7, 11) is 0. The molecule has 0 bridgehead atoms. The quantitative estimate of drug-likeness (QED) is 0.395. The molecule has 0 saturated heterocycles. The van der Waals surface area contributed by atoms with Gasteiger partial charge in [0.25, 0.3) is 11.8 Å². The number of amides is 2. The van der Waals surface area contributed by atoms with Crippen LogP contribution in [0.2, 0.25) is 0 Å². The average molecular weight is 408 g/mol. The van der Waals surface area contributed by atoms with Crippen molar-refractivity contribution in [1.29, 1.82) is 0 Å². The fourth-order valence-electron chi connectivity index (χ4n) is 3.30. The highest BCUT2D eigenvalue weighted by atomic mass is 16.8. The maximum atomic E-state index is 12.1. The van der Waals surface area contributed by atoms with E-state index in [0.29, 0.717) is 37.0 Å². The van der Waals surface area contributed by atoms with Gasteiger partial charge in [0.05, 0.1) is 5.92 Å². The lowest BCUT2D eigenvalue weighted by molar-refractivity contribution is -0.160. The molecule has 0 unspecified atom stereocenters. The first-order chi connectivity index (χ1) is 13.8. The number of carbonyl (C=O) groups excluding carboxylic acids is 4. The molecule has 1 saturated carbocycles. The van der Waals surface area contributed by atoms with Crippen molar-refractivity contribution in [1.82, 2.24) is 9.63 Å². The number of rotatable bonds is 6. The highest BCUT2D eigenvalue weighted by Crippen LogP contribution is 2.30. The third-order valence-corrected chi connectivity index (χ3v) is 4.86. The Hall–Kier alpha value is -3.50. The molecule has 1 aromatic heterocycles. The van der Waals surface area contributed by atoms with Crippen molar-refractivity contribution < 1.29 is 43.7 Å². The van der Waals surface area contributed by atoms with Crippen molar-refractivity contribution in [3.8, 4) is 11.8 Å². The molecule has 2 heterocycles. The number of aromatic hydroxyl groups is 2. The second kappa shape index (κ2) is 8.67. The number of hydrogen-bond donors (Lipinski definition) is 2. The van der Waals surface area contributed by atoms with Crippen LogP contribution in [0.4, 0.5) is 4.79 Å². The Bertz CT molecular complexity index is 799. The molecule has 2 amide bonds. The molecule has 1 aromatic rings. The summed E-state index contributed by atoms with van der Waals surface area (Å²) in [5, 5.41) is 18.7. The predicted octanol–water partition coefficient (Wildman–Crippen LogP) is 0.697. The van der Waals surface area contributed by atoms with E-state index in [4.69, 9.17) is 4.74 Å². The van der Waals surface area contributed by atoms with Gasteiger partial charge in [0.1, 0.15) is 0 Å². The number of imide groups is 1. The molecule has 3 rings (SSSR count). The molecule has 2 aliphatic rings. The van der Waals surface area contributed by atoms with Crippen molar-refractivity contribution in [3.05, 3.63) is 24.3 Å². The average Bonchev–Trinajstić information content (AvgIpc) is 3.18. The first-order valence-corrected chi connectivity index (χ1v) is 9.00. The van der Waals surface area contributed by atoms with Gasteiger partial charge >= 0.3 is 12.1 Å². The van der Waals surface area contributed by atoms with Crippen LogP contribution in [0.3, 0.4) is 0 Å². The monoisotopic (exact) mass is 408 g/mol. The third-order valence-electron chi connectivity index (χ3n) is 4.86. The SMILES string of the molecule is O=C(OCOC(=O)C1CCC(CN2C(=O)C=CC2=O)CC1)On1c(O)ccc1O. The summed E-state index contributed by atoms with van der Waals surface area (Å²) in [5.74, 6) is -2.43. The van der Waals surface area contributed by atoms with E-state index in [0.717, 1.165) is 12.1 Å². The highest BCUT2D eigenvalue weighted by Gasteiger charge is 2.32. The maximum Gasteiger partial charge on any atom is 0.536 e. The molecule has 2 N–H and O–H groups in total. The molecule has 1 fully saturated rings. The van der Waals surface area contributed by atoms with Gasteiger partial charge < -0.3 is 19.7 Å². The van der Waals surface area contributed by atoms with Crippen LogP contribution in [0.15, 0.2) is 24.3 Å². The van der Waals surface area contributed by atoms with Crippen LogP contribution < -0.4 is 4.84 Å². The molecular weight excluding hydrogens is 388 g/mol. The van der Waals surface area contributed by atoms with Crippen LogP contribution in [-0.2, 0) is 23.9 Å². The largest absolute Gasteiger partial charge is 0.536 e. The number of esters is 1. The van der Waals surface area contributed by atoms with Crippen LogP contribution in [0.5, 0.6) is 11.8 Å². The Balaban J connectivity index is 1.35. The predicted molar refractivity (Wildman–Crippen MR) is 93.1 cm³/mol. The van der Waals surface area contributed by atoms with Gasteiger partial charge in [-0.25, -0.2) is 4.79 Å². The zero-order chi connectivity index (χ0) is 21.0. The van der Waals surface area contributed by atoms with Gasteiger partial charge in [-0.15, -0.1) is 4.73 Å². The Morgan fingerprint density at radius 3 is 2.14 bits per heavy atom. The lowest BCUT2D eigenvalue weighted by Crippen LogP contribution is -2.36. The highest BCUT2D eigenvalue weighted by molar-refractivity contribution is 6.12. The van der Waals surface area contributed by atoms with Gasteiger partial charge in [0.2, 0.25) is 18.6 Å². The summed E-state index contributed by atoms with van der Waals surface area (Å²) < 4.78 is 9.94. The van der Waals surface area contributed by atoms with Gasteiger partial charge in [-0.2, -0.15) is 0 Å². The van der Waals surface area contributed by atoms with Gasteiger partial charge in [-0.1, -0.05) is 0 Å². The van der Waals surface area contributed by atoms with Gasteiger partial charge in [0, 0.05) is 30.8 Å². The van der Waals surface area contributed by atoms with Gasteiger partial charge in [-0.3, -0.25) is 24.1 Å². The van der Waals surface area contributed by atoms with Gasteiger partial charge in [0.15, 0.2) is 0 Å². The van der Waals surface area contributed by atoms with E-state index < -0.39 is 30.7 Å². The molecular formula is C18H20N2O9. The molecule has 1 aliphatic heterocycles. The van der Waals surface area contributed by atoms with Gasteiger partial charge in [-0.05, 0) is 31.6 Å². The second-order valence-electron chi connectivity index (χ2n) is 6.75. The van der Waals surface area contributed by atoms with Crippen molar-refractivity contribution in [2.45, 2.75) is 25.7 Å². The van der Waals surface area contributed by atoms with Crippen molar-refractivity contribution in [3.63, 3.8) is 0 Å². The summed E-state index contributed by atoms with van der Waals surface area (Å²) in [5.41, 5.74) is 0. The third kappa shape index (κ3) is 4.86. The number of carbonyl (C=O) groups is 4. The van der Waals surface area contributed by atoms with Crippen LogP contribution in [-0.4, -0.2) is 57.1 Å². The first-order valence-electron chi connectivity index (χ1n) is 9.00. The van der Waals surface area contributed by atoms with Crippen molar-refractivity contribution >= 4 is 23.9 Å². The lowest BCUT2D eigenvalue weighted by atomic mass is 9.82. The molecule has 0 atom stereocenters. The van der Waals surface area contributed by atoms with E-state index in [1.54, 1.807) is 0 Å². The number of ether oxygens (including phenoxy) is 2. The molecule has 11 nitrogen and oxygen atoms in total. The minimum absolute atomic E-state index is 0.125. The second-order valence-corrected chi connectivity index (χ2v) is 6.75. The number of hydrogen-bond acceptors (Lipinski definition) is 9. The van der Waals surface area contributed by atoms with Crippen molar-refractivity contribution in [2.75, 3.05) is 13.3 Å². The van der Waals surface area contributed by atoms with E-state index in [-0.39, 0.29) is 23.7 Å². The zero-order valence-electron chi connectivity index (χ0n) is 15.4. The number of aromatic nitrogens is 1. The van der Waals surface area contributed by atoms with E-state index in [1.807, 2.05) is 0 Å². The Kier molecular flexibility index (Phi) is 6.05. The molecule has 11 heteroatoms. The normalized spacial score (nSPS) is 21.3. The molecule has 29 heavy (non-hydrogen) atoms. The molecule has 0 spiro atoms. The molecule has 156 valence electrons. The minimum atomic E-state index is -1.28. The topological polar surface area (TPSA) is 145 Å². The Morgan fingerprint density at radius 1 is 0.966 bits per heavy atom. The lowest BCUT2D eigenvalue weighted by Gasteiger charge is -2.29. The van der Waals surface area contributed by atoms with Crippen LogP contribution in [0, 0.1) is 11.8 Å². The fourth-order valence-corrected chi connectivity index (χ4v) is 3.30. The molecule has 0 radical (unpaired) electrons. The summed E-state index contributed by atoms with van der Waals surface area (Å²) in [6.45, 7) is -0.344. The van der Waals surface area contributed by atoms with E-state index >= 15 is 0 Å². The van der Waals surface area contributed by atoms with E-state index in [2.05, 4.69) is 9.57 Å². The summed E-state index contributed by atoms with van der Waals surface area (Å²) in [4.78, 5) is 52.5. The van der Waals surface area contributed by atoms with Crippen LogP contribution in [0.1, 0.15) is 25.7 Å². The van der Waals surface area contributed by atoms with Crippen molar-refractivity contribution in [2.24, 2.45) is 11.8 Å². The fraction of sp³-hybridized carbons (Fsp3) is 0.444. The zero-order valence-corrected chi connectivity index (χ0v) is 15.4. The van der Waals surface area contributed by atoms with E-state index in [1.165, 1.54) is 17.1 Å². The smallest absolute Gasteiger partial charge is 0.492 e. The summed E-state index contributed by atoms with van der Waals surface area (Å²) in [6, 6.07) is 2.20. The standard InChI is InChI=1S/C18H20N2O9/c21-13-5-6-14(22)19(13)9-11-1-3-12(4-2-11)17(25)27-10-28-18(26)29-20-15(23)7-8-16(20)24/h5-8,11-12,23-24H,1-4,9-10H2. The number of nitrogens with zero attached hydrogens (tertiary/aromatic N) is 2. The summed E-state index contributed by atoms with van der Waals surface area (Å²) in [6.07, 6.45) is 3.59. The molecule has 1 aliphatic carbocycles. The van der Waals surface area contributed by atoms with Crippen LogP contribution in [0.25, 0.3) is 0 Å². The first kappa shape index (κ1) is 20.2. The Labute approximate surface area is 165 Å². The molecule has 0 aromatic carbocycles.